The minimum Gasteiger partial charge on any atom is -0.488 e. The molecule has 1 aromatic heterocycles. The van der Waals surface area contributed by atoms with E-state index in [4.69, 9.17) is 9.47 Å². The molecule has 1 saturated heterocycles. The van der Waals surface area contributed by atoms with Gasteiger partial charge < -0.3 is 19.5 Å². The number of aryl methyl sites for hydroxylation is 1. The highest BCUT2D eigenvalue weighted by atomic mass is 32.1. The largest absolute Gasteiger partial charge is 0.488 e. The summed E-state index contributed by atoms with van der Waals surface area (Å²) in [5.41, 5.74) is -0.380. The number of halogens is 2. The zero-order valence-electron chi connectivity index (χ0n) is 17.1. The van der Waals surface area contributed by atoms with E-state index in [0.717, 1.165) is 22.7 Å². The Morgan fingerprint density at radius 1 is 1.30 bits per heavy atom. The number of rotatable bonds is 7. The molecule has 0 bridgehead atoms. The number of carbonyl (C=O) groups is 1. The second kappa shape index (κ2) is 9.80. The molecule has 3 rings (SSSR count). The molecule has 1 amide bonds. The molecule has 0 saturated carbocycles. The molecule has 30 heavy (non-hydrogen) atoms. The van der Waals surface area contributed by atoms with Gasteiger partial charge in [-0.25, -0.2) is 13.8 Å². The van der Waals surface area contributed by atoms with Gasteiger partial charge in [0.25, 0.3) is 0 Å². The van der Waals surface area contributed by atoms with Crippen LogP contribution in [-0.2, 0) is 21.7 Å². The highest BCUT2D eigenvalue weighted by Gasteiger charge is 2.36. The van der Waals surface area contributed by atoms with E-state index in [9.17, 15) is 18.7 Å². The number of aliphatic hydroxyl groups is 1. The molecule has 6 nitrogen and oxygen atoms in total. The molecule has 0 unspecified atom stereocenters. The second-order valence-electron chi connectivity index (χ2n) is 7.40. The Balaban J connectivity index is 1.65. The molecule has 1 fully saturated rings. The highest BCUT2D eigenvalue weighted by Crippen LogP contribution is 2.37. The number of nitrogens with zero attached hydrogens (tertiary/aromatic N) is 2. The first-order valence-corrected chi connectivity index (χ1v) is 10.7. The summed E-state index contributed by atoms with van der Waals surface area (Å²) in [6, 6.07) is 3.38. The number of benzene rings is 1. The molecule has 1 aromatic carbocycles. The molecule has 1 N–H and O–H groups in total. The van der Waals surface area contributed by atoms with E-state index in [0.29, 0.717) is 50.4 Å². The summed E-state index contributed by atoms with van der Waals surface area (Å²) in [6.45, 7) is 3.41. The van der Waals surface area contributed by atoms with E-state index in [1.807, 2.05) is 6.92 Å². The predicted molar refractivity (Wildman–Crippen MR) is 108 cm³/mol. The van der Waals surface area contributed by atoms with Crippen LogP contribution in [0.4, 0.5) is 8.78 Å². The van der Waals surface area contributed by atoms with Crippen molar-refractivity contribution in [3.8, 4) is 5.75 Å². The summed E-state index contributed by atoms with van der Waals surface area (Å²) in [7, 11) is 1.56. The first-order chi connectivity index (χ1) is 14.3. The molecule has 1 aliphatic heterocycles. The molecular weight excluding hydrogens is 414 g/mol. The van der Waals surface area contributed by atoms with Crippen LogP contribution in [0.15, 0.2) is 18.2 Å². The zero-order valence-corrected chi connectivity index (χ0v) is 17.9. The van der Waals surface area contributed by atoms with Gasteiger partial charge in [0.1, 0.15) is 23.0 Å². The Hall–Kier alpha value is -2.10. The van der Waals surface area contributed by atoms with Crippen LogP contribution in [0.3, 0.4) is 0 Å². The Labute approximate surface area is 178 Å². The lowest BCUT2D eigenvalue weighted by Gasteiger charge is -2.24. The van der Waals surface area contributed by atoms with E-state index in [1.54, 1.807) is 12.0 Å². The summed E-state index contributed by atoms with van der Waals surface area (Å²) in [5, 5.41) is 11.8. The van der Waals surface area contributed by atoms with Crippen molar-refractivity contribution in [2.45, 2.75) is 44.8 Å². The predicted octanol–water partition coefficient (Wildman–Crippen LogP) is 3.55. The fourth-order valence-electron chi connectivity index (χ4n) is 3.41. The monoisotopic (exact) mass is 440 g/mol. The Morgan fingerprint density at radius 3 is 2.83 bits per heavy atom. The average molecular weight is 441 g/mol. The van der Waals surface area contributed by atoms with Crippen LogP contribution in [0.25, 0.3) is 0 Å². The highest BCUT2D eigenvalue weighted by molar-refractivity contribution is 7.11. The maximum atomic E-state index is 13.3. The first kappa shape index (κ1) is 22.6. The molecule has 2 heterocycles. The SMILES string of the molecule is COCCC(=O)N1CCC[C@](O)(c2nc(C)c(COc3ccc(F)c(F)c3)s2)CC1. The number of aromatic nitrogens is 1. The maximum Gasteiger partial charge on any atom is 0.224 e. The number of carbonyl (C=O) groups excluding carboxylic acids is 1. The molecule has 2 aromatic rings. The summed E-state index contributed by atoms with van der Waals surface area (Å²) < 4.78 is 36.9. The van der Waals surface area contributed by atoms with E-state index in [2.05, 4.69) is 4.98 Å². The van der Waals surface area contributed by atoms with Gasteiger partial charge in [0.05, 0.1) is 23.6 Å². The van der Waals surface area contributed by atoms with Gasteiger partial charge in [-0.15, -0.1) is 11.3 Å². The van der Waals surface area contributed by atoms with Gasteiger partial charge in [-0.2, -0.15) is 0 Å². The lowest BCUT2D eigenvalue weighted by molar-refractivity contribution is -0.132. The second-order valence-corrected chi connectivity index (χ2v) is 8.48. The van der Waals surface area contributed by atoms with E-state index >= 15 is 0 Å². The van der Waals surface area contributed by atoms with Crippen molar-refractivity contribution < 1.29 is 28.2 Å². The van der Waals surface area contributed by atoms with Crippen LogP contribution < -0.4 is 4.74 Å². The zero-order chi connectivity index (χ0) is 21.7. The number of amides is 1. The lowest BCUT2D eigenvalue weighted by atomic mass is 9.96. The Kier molecular flexibility index (Phi) is 7.38. The van der Waals surface area contributed by atoms with E-state index in [-0.39, 0.29) is 18.3 Å². The molecule has 164 valence electrons. The molecule has 1 aliphatic rings. The van der Waals surface area contributed by atoms with Crippen molar-refractivity contribution in [2.75, 3.05) is 26.8 Å². The minimum atomic E-state index is -1.11. The lowest BCUT2D eigenvalue weighted by Crippen LogP contribution is -2.34. The molecule has 0 aliphatic carbocycles. The van der Waals surface area contributed by atoms with Crippen molar-refractivity contribution in [3.05, 3.63) is 45.4 Å². The van der Waals surface area contributed by atoms with Crippen molar-refractivity contribution in [1.82, 2.24) is 9.88 Å². The molecule has 0 spiro atoms. The van der Waals surface area contributed by atoms with Gasteiger partial charge in [-0.3, -0.25) is 4.79 Å². The topological polar surface area (TPSA) is 71.9 Å². The average Bonchev–Trinajstić information content (AvgIpc) is 2.98. The van der Waals surface area contributed by atoms with Crippen LogP contribution in [0, 0.1) is 18.6 Å². The summed E-state index contributed by atoms with van der Waals surface area (Å²) in [4.78, 5) is 19.4. The maximum absolute atomic E-state index is 13.3. The fourth-order valence-corrected chi connectivity index (χ4v) is 4.53. The van der Waals surface area contributed by atoms with Gasteiger partial charge in [0.15, 0.2) is 11.6 Å². The molecule has 9 heteroatoms. The van der Waals surface area contributed by atoms with Crippen LogP contribution in [0.2, 0.25) is 0 Å². The normalized spacial score (nSPS) is 19.6. The van der Waals surface area contributed by atoms with Crippen molar-refractivity contribution in [3.63, 3.8) is 0 Å². The first-order valence-electron chi connectivity index (χ1n) is 9.86. The fraction of sp³-hybridized carbons (Fsp3) is 0.524. The van der Waals surface area contributed by atoms with Crippen LogP contribution >= 0.6 is 11.3 Å². The van der Waals surface area contributed by atoms with Crippen molar-refractivity contribution in [2.24, 2.45) is 0 Å². The summed E-state index contributed by atoms with van der Waals surface area (Å²) in [6.07, 6.45) is 1.92. The minimum absolute atomic E-state index is 0.0250. The van der Waals surface area contributed by atoms with Gasteiger partial charge in [-0.1, -0.05) is 0 Å². The number of methoxy groups -OCH3 is 1. The van der Waals surface area contributed by atoms with Gasteiger partial charge in [-0.05, 0) is 31.9 Å². The molecule has 0 radical (unpaired) electrons. The number of hydrogen-bond donors (Lipinski definition) is 1. The van der Waals surface area contributed by atoms with Crippen LogP contribution in [-0.4, -0.2) is 47.7 Å². The smallest absolute Gasteiger partial charge is 0.224 e. The van der Waals surface area contributed by atoms with Gasteiger partial charge in [0.2, 0.25) is 5.91 Å². The third kappa shape index (κ3) is 5.33. The molecule has 1 atom stereocenters. The van der Waals surface area contributed by atoms with Gasteiger partial charge in [0, 0.05) is 32.7 Å². The quantitative estimate of drug-likeness (QED) is 0.713. The third-order valence-electron chi connectivity index (χ3n) is 5.24. The van der Waals surface area contributed by atoms with Crippen molar-refractivity contribution >= 4 is 17.2 Å². The number of thiazole rings is 1. The van der Waals surface area contributed by atoms with E-state index < -0.39 is 17.2 Å². The third-order valence-corrected chi connectivity index (χ3v) is 6.56. The van der Waals surface area contributed by atoms with Crippen LogP contribution in [0.1, 0.15) is 41.3 Å². The number of hydrogen-bond acceptors (Lipinski definition) is 6. The van der Waals surface area contributed by atoms with Crippen LogP contribution in [0.5, 0.6) is 5.75 Å². The van der Waals surface area contributed by atoms with Gasteiger partial charge >= 0.3 is 0 Å². The molecular formula is C21H26F2N2O4S. The Morgan fingerprint density at radius 2 is 2.10 bits per heavy atom. The standard InChI is InChI=1S/C21H26F2N2O4S/c1-14-18(13-29-15-4-5-16(22)17(23)12-15)30-20(24-14)21(27)7-3-9-25(10-8-21)19(26)6-11-28-2/h4-5,12,27H,3,6-11,13H2,1-2H3/t21-/m1/s1. The summed E-state index contributed by atoms with van der Waals surface area (Å²) in [5.74, 6) is -1.64. The number of ether oxygens (including phenoxy) is 2. The summed E-state index contributed by atoms with van der Waals surface area (Å²) >= 11 is 1.35. The Bertz CT molecular complexity index is 892. The van der Waals surface area contributed by atoms with E-state index in [1.165, 1.54) is 17.4 Å². The number of likely N-dealkylation sites (tertiary alicyclic amines) is 1. The van der Waals surface area contributed by atoms with Crippen molar-refractivity contribution in [1.29, 1.82) is 0 Å².